The second-order valence-electron chi connectivity index (χ2n) is 4.71. The molecule has 0 aromatic heterocycles. The molecule has 2 rings (SSSR count). The Morgan fingerprint density at radius 2 is 1.19 bits per heavy atom. The van der Waals surface area contributed by atoms with E-state index in [0.29, 0.717) is 0 Å². The second kappa shape index (κ2) is 8.29. The Morgan fingerprint density at radius 1 is 0.688 bits per heavy atom. The molecule has 96 valence electrons. The Hall–Kier alpha value is 0.170. The summed E-state index contributed by atoms with van der Waals surface area (Å²) in [6, 6.07) is 0. The average molecular weight is 249 g/mol. The summed E-state index contributed by atoms with van der Waals surface area (Å²) >= 11 is 0. The van der Waals surface area contributed by atoms with Crippen molar-refractivity contribution in [3.05, 3.63) is 0 Å². The summed E-state index contributed by atoms with van der Waals surface area (Å²) < 4.78 is 5.36. The van der Waals surface area contributed by atoms with Crippen molar-refractivity contribution in [2.45, 2.75) is 25.7 Å². The third-order valence-electron chi connectivity index (χ3n) is 3.53. The standard InChI is InChI=1S/C12H24N2O.ClH/c1-2-4-6-13(5-3-1)7-8-14-9-11-15-12-10-14;/h1-12H2;1H. The van der Waals surface area contributed by atoms with Crippen LogP contribution in [0.15, 0.2) is 0 Å². The number of hydrogen-bond acceptors (Lipinski definition) is 3. The second-order valence-corrected chi connectivity index (χ2v) is 4.71. The van der Waals surface area contributed by atoms with Gasteiger partial charge >= 0.3 is 0 Å². The third-order valence-corrected chi connectivity index (χ3v) is 3.53. The highest BCUT2D eigenvalue weighted by molar-refractivity contribution is 5.85. The highest BCUT2D eigenvalue weighted by Crippen LogP contribution is 2.09. The molecule has 2 saturated heterocycles. The van der Waals surface area contributed by atoms with E-state index in [4.69, 9.17) is 4.74 Å². The Labute approximate surface area is 106 Å². The van der Waals surface area contributed by atoms with Gasteiger partial charge in [0.2, 0.25) is 0 Å². The largest absolute Gasteiger partial charge is 0.379 e. The lowest BCUT2D eigenvalue weighted by Crippen LogP contribution is -2.41. The van der Waals surface area contributed by atoms with Crippen LogP contribution in [-0.4, -0.2) is 62.3 Å². The van der Waals surface area contributed by atoms with Gasteiger partial charge in [-0.1, -0.05) is 12.8 Å². The van der Waals surface area contributed by atoms with Gasteiger partial charge in [-0.25, -0.2) is 0 Å². The smallest absolute Gasteiger partial charge is 0.0594 e. The minimum absolute atomic E-state index is 0. The number of morpholine rings is 1. The summed E-state index contributed by atoms with van der Waals surface area (Å²) in [4.78, 5) is 5.18. The minimum atomic E-state index is 0. The van der Waals surface area contributed by atoms with Gasteiger partial charge in [0, 0.05) is 26.2 Å². The number of likely N-dealkylation sites (tertiary alicyclic amines) is 1. The summed E-state index contributed by atoms with van der Waals surface area (Å²) in [5.41, 5.74) is 0. The first-order chi connectivity index (χ1) is 7.45. The van der Waals surface area contributed by atoms with E-state index in [9.17, 15) is 0 Å². The normalized spacial score (nSPS) is 24.8. The molecule has 0 N–H and O–H groups in total. The molecule has 0 unspecified atom stereocenters. The van der Waals surface area contributed by atoms with Crippen LogP contribution < -0.4 is 0 Å². The van der Waals surface area contributed by atoms with Crippen LogP contribution in [0.2, 0.25) is 0 Å². The van der Waals surface area contributed by atoms with E-state index in [-0.39, 0.29) is 12.4 Å². The molecule has 4 heteroatoms. The number of hydrogen-bond donors (Lipinski definition) is 0. The molecule has 0 aliphatic carbocycles. The van der Waals surface area contributed by atoms with Gasteiger partial charge in [0.15, 0.2) is 0 Å². The quantitative estimate of drug-likeness (QED) is 0.755. The van der Waals surface area contributed by atoms with E-state index in [1.807, 2.05) is 0 Å². The summed E-state index contributed by atoms with van der Waals surface area (Å²) in [5, 5.41) is 0. The Kier molecular flexibility index (Phi) is 7.37. The molecule has 0 aromatic carbocycles. The topological polar surface area (TPSA) is 15.7 Å². The van der Waals surface area contributed by atoms with Crippen molar-refractivity contribution >= 4 is 12.4 Å². The van der Waals surface area contributed by atoms with Crippen LogP contribution in [0.3, 0.4) is 0 Å². The molecule has 2 fully saturated rings. The maximum atomic E-state index is 5.36. The van der Waals surface area contributed by atoms with E-state index in [1.54, 1.807) is 0 Å². The summed E-state index contributed by atoms with van der Waals surface area (Å²) in [6.45, 7) is 9.28. The molecule has 0 amide bonds. The van der Waals surface area contributed by atoms with Gasteiger partial charge in [0.05, 0.1) is 13.2 Å². The zero-order valence-electron chi connectivity index (χ0n) is 10.2. The molecule has 0 spiro atoms. The molecule has 16 heavy (non-hydrogen) atoms. The van der Waals surface area contributed by atoms with Crippen LogP contribution in [0.5, 0.6) is 0 Å². The molecule has 2 aliphatic heterocycles. The summed E-state index contributed by atoms with van der Waals surface area (Å²) in [5.74, 6) is 0. The van der Waals surface area contributed by atoms with E-state index >= 15 is 0 Å². The predicted octanol–water partition coefficient (Wildman–Crippen LogP) is 1.62. The SMILES string of the molecule is C1CCCN(CCN2CCOCC2)CC1.Cl. The number of halogens is 1. The molecule has 0 atom stereocenters. The van der Waals surface area contributed by atoms with Gasteiger partial charge in [-0.15, -0.1) is 12.4 Å². The fourth-order valence-electron chi connectivity index (χ4n) is 2.47. The molecule has 0 saturated carbocycles. The Bertz CT molecular complexity index is 166. The molecule has 0 bridgehead atoms. The van der Waals surface area contributed by atoms with E-state index in [2.05, 4.69) is 9.80 Å². The van der Waals surface area contributed by atoms with Crippen LogP contribution in [0.1, 0.15) is 25.7 Å². The van der Waals surface area contributed by atoms with Gasteiger partial charge in [-0.3, -0.25) is 4.90 Å². The van der Waals surface area contributed by atoms with Crippen molar-refractivity contribution < 1.29 is 4.74 Å². The molecule has 0 radical (unpaired) electrons. The lowest BCUT2D eigenvalue weighted by molar-refractivity contribution is 0.0335. The van der Waals surface area contributed by atoms with Crippen molar-refractivity contribution in [1.82, 2.24) is 9.80 Å². The lowest BCUT2D eigenvalue weighted by Gasteiger charge is -2.29. The highest BCUT2D eigenvalue weighted by Gasteiger charge is 2.13. The van der Waals surface area contributed by atoms with Gasteiger partial charge < -0.3 is 9.64 Å². The predicted molar refractivity (Wildman–Crippen MR) is 69.4 cm³/mol. The fourth-order valence-corrected chi connectivity index (χ4v) is 2.47. The van der Waals surface area contributed by atoms with Crippen LogP contribution in [0.4, 0.5) is 0 Å². The monoisotopic (exact) mass is 248 g/mol. The third kappa shape index (κ3) is 5.00. The van der Waals surface area contributed by atoms with Crippen molar-refractivity contribution in [1.29, 1.82) is 0 Å². The summed E-state index contributed by atoms with van der Waals surface area (Å²) in [7, 11) is 0. The first kappa shape index (κ1) is 14.2. The fraction of sp³-hybridized carbons (Fsp3) is 1.00. The minimum Gasteiger partial charge on any atom is -0.379 e. The molecular weight excluding hydrogens is 224 g/mol. The first-order valence-corrected chi connectivity index (χ1v) is 6.47. The first-order valence-electron chi connectivity index (χ1n) is 6.47. The Balaban J connectivity index is 0.00000128. The van der Waals surface area contributed by atoms with Crippen LogP contribution in [0.25, 0.3) is 0 Å². The van der Waals surface area contributed by atoms with Gasteiger partial charge in [-0.2, -0.15) is 0 Å². The van der Waals surface area contributed by atoms with Crippen molar-refractivity contribution in [2.24, 2.45) is 0 Å². The lowest BCUT2D eigenvalue weighted by atomic mass is 10.2. The molecule has 0 aromatic rings. The maximum absolute atomic E-state index is 5.36. The van der Waals surface area contributed by atoms with Crippen molar-refractivity contribution in [3.8, 4) is 0 Å². The maximum Gasteiger partial charge on any atom is 0.0594 e. The van der Waals surface area contributed by atoms with Crippen LogP contribution in [0, 0.1) is 0 Å². The van der Waals surface area contributed by atoms with Crippen LogP contribution >= 0.6 is 12.4 Å². The van der Waals surface area contributed by atoms with E-state index in [1.165, 1.54) is 51.9 Å². The molecular formula is C12H25ClN2O. The summed E-state index contributed by atoms with van der Waals surface area (Å²) in [6.07, 6.45) is 5.69. The average Bonchev–Trinajstić information content (AvgIpc) is 2.56. The van der Waals surface area contributed by atoms with Crippen LogP contribution in [-0.2, 0) is 4.74 Å². The van der Waals surface area contributed by atoms with E-state index < -0.39 is 0 Å². The molecule has 3 nitrogen and oxygen atoms in total. The van der Waals surface area contributed by atoms with Gasteiger partial charge in [0.1, 0.15) is 0 Å². The van der Waals surface area contributed by atoms with E-state index in [0.717, 1.165) is 26.3 Å². The number of nitrogens with zero attached hydrogens (tertiary/aromatic N) is 2. The van der Waals surface area contributed by atoms with Crippen molar-refractivity contribution in [3.63, 3.8) is 0 Å². The molecule has 2 aliphatic rings. The number of rotatable bonds is 3. The van der Waals surface area contributed by atoms with Crippen molar-refractivity contribution in [2.75, 3.05) is 52.5 Å². The zero-order valence-corrected chi connectivity index (χ0v) is 11.0. The van der Waals surface area contributed by atoms with Gasteiger partial charge in [-0.05, 0) is 25.9 Å². The zero-order chi connectivity index (χ0) is 10.3. The molecule has 2 heterocycles. The Morgan fingerprint density at radius 3 is 1.75 bits per heavy atom. The van der Waals surface area contributed by atoms with Gasteiger partial charge in [0.25, 0.3) is 0 Å². The number of ether oxygens (including phenoxy) is 1. The highest BCUT2D eigenvalue weighted by atomic mass is 35.5.